The number of hydrogen-bond donors (Lipinski definition) is 1. The van der Waals surface area contributed by atoms with E-state index >= 15 is 0 Å². The first-order chi connectivity index (χ1) is 14.6. The summed E-state index contributed by atoms with van der Waals surface area (Å²) in [6.45, 7) is 4.94. The monoisotopic (exact) mass is 403 g/mol. The van der Waals surface area contributed by atoms with Crippen LogP contribution in [-0.4, -0.2) is 31.1 Å². The van der Waals surface area contributed by atoms with E-state index in [1.54, 1.807) is 25.3 Å². The molecule has 2 heterocycles. The van der Waals surface area contributed by atoms with E-state index in [4.69, 9.17) is 9.15 Å². The molecule has 0 unspecified atom stereocenters. The minimum atomic E-state index is -0.387. The van der Waals surface area contributed by atoms with Gasteiger partial charge in [-0.2, -0.15) is 5.26 Å². The summed E-state index contributed by atoms with van der Waals surface area (Å²) in [4.78, 5) is 14.4. The van der Waals surface area contributed by atoms with Crippen molar-refractivity contribution in [1.82, 2.24) is 4.90 Å². The molecule has 3 aromatic rings. The molecule has 1 aliphatic heterocycles. The van der Waals surface area contributed by atoms with Crippen molar-refractivity contribution in [1.29, 1.82) is 5.26 Å². The summed E-state index contributed by atoms with van der Waals surface area (Å²) < 4.78 is 10.6. The molecule has 154 valence electrons. The van der Waals surface area contributed by atoms with Crippen molar-refractivity contribution in [3.8, 4) is 11.8 Å². The van der Waals surface area contributed by atoms with E-state index in [0.29, 0.717) is 11.1 Å². The van der Waals surface area contributed by atoms with Gasteiger partial charge in [0, 0.05) is 37.1 Å². The summed E-state index contributed by atoms with van der Waals surface area (Å²) in [6.07, 6.45) is 1.96. The fourth-order valence-corrected chi connectivity index (χ4v) is 4.10. The molecule has 0 radical (unpaired) electrons. The first kappa shape index (κ1) is 20.0. The Labute approximate surface area is 175 Å². The van der Waals surface area contributed by atoms with Crippen LogP contribution in [0.2, 0.25) is 0 Å². The quantitative estimate of drug-likeness (QED) is 0.648. The predicted octanol–water partition coefficient (Wildman–Crippen LogP) is 4.06. The highest BCUT2D eigenvalue weighted by molar-refractivity contribution is 5.90. The summed E-state index contributed by atoms with van der Waals surface area (Å²) in [5.41, 5.74) is 3.83. The second kappa shape index (κ2) is 8.60. The SMILES string of the molecule is COc1ccc(CN2CCC(Nc3cc(=O)oc4ccc(C#N)cc34)CC2)cc1C. The second-order valence-electron chi connectivity index (χ2n) is 7.80. The summed E-state index contributed by atoms with van der Waals surface area (Å²) in [7, 11) is 1.70. The number of piperidine rings is 1. The Morgan fingerprint density at radius 2 is 2.00 bits per heavy atom. The average molecular weight is 403 g/mol. The number of methoxy groups -OCH3 is 1. The van der Waals surface area contributed by atoms with E-state index in [1.165, 1.54) is 11.6 Å². The van der Waals surface area contributed by atoms with Gasteiger partial charge in [-0.05, 0) is 55.2 Å². The number of nitriles is 1. The molecule has 1 aromatic heterocycles. The zero-order valence-corrected chi connectivity index (χ0v) is 17.3. The van der Waals surface area contributed by atoms with Crippen LogP contribution in [-0.2, 0) is 6.54 Å². The van der Waals surface area contributed by atoms with Gasteiger partial charge in [0.1, 0.15) is 11.3 Å². The predicted molar refractivity (Wildman–Crippen MR) is 117 cm³/mol. The van der Waals surface area contributed by atoms with E-state index < -0.39 is 0 Å². The maximum atomic E-state index is 11.9. The number of rotatable bonds is 5. The first-order valence-corrected chi connectivity index (χ1v) is 10.2. The highest BCUT2D eigenvalue weighted by atomic mass is 16.5. The zero-order chi connectivity index (χ0) is 21.1. The van der Waals surface area contributed by atoms with Crippen LogP contribution >= 0.6 is 0 Å². The molecule has 6 heteroatoms. The smallest absolute Gasteiger partial charge is 0.338 e. The molecule has 30 heavy (non-hydrogen) atoms. The third-order valence-corrected chi connectivity index (χ3v) is 5.68. The third kappa shape index (κ3) is 4.32. The van der Waals surface area contributed by atoms with E-state index in [9.17, 15) is 10.1 Å². The van der Waals surface area contributed by atoms with Gasteiger partial charge in [-0.25, -0.2) is 4.79 Å². The van der Waals surface area contributed by atoms with Crippen molar-refractivity contribution < 1.29 is 9.15 Å². The summed E-state index contributed by atoms with van der Waals surface area (Å²) in [5.74, 6) is 0.917. The van der Waals surface area contributed by atoms with E-state index in [-0.39, 0.29) is 11.7 Å². The highest BCUT2D eigenvalue weighted by Gasteiger charge is 2.20. The minimum absolute atomic E-state index is 0.273. The molecule has 1 fully saturated rings. The normalized spacial score (nSPS) is 15.1. The first-order valence-electron chi connectivity index (χ1n) is 10.2. The number of aryl methyl sites for hydroxylation is 1. The van der Waals surface area contributed by atoms with Gasteiger partial charge in [-0.1, -0.05) is 12.1 Å². The van der Waals surface area contributed by atoms with Gasteiger partial charge in [0.05, 0.1) is 24.4 Å². The Hall–Kier alpha value is -3.30. The van der Waals surface area contributed by atoms with Crippen LogP contribution in [0.4, 0.5) is 5.69 Å². The van der Waals surface area contributed by atoms with Gasteiger partial charge in [0.2, 0.25) is 0 Å². The van der Waals surface area contributed by atoms with Crippen molar-refractivity contribution in [2.24, 2.45) is 0 Å². The third-order valence-electron chi connectivity index (χ3n) is 5.68. The molecular weight excluding hydrogens is 378 g/mol. The molecule has 6 nitrogen and oxygen atoms in total. The summed E-state index contributed by atoms with van der Waals surface area (Å²) >= 11 is 0. The van der Waals surface area contributed by atoms with Crippen LogP contribution in [0.25, 0.3) is 11.0 Å². The Balaban J connectivity index is 1.42. The van der Waals surface area contributed by atoms with Crippen molar-refractivity contribution in [3.05, 3.63) is 69.6 Å². The van der Waals surface area contributed by atoms with Crippen molar-refractivity contribution in [3.63, 3.8) is 0 Å². The van der Waals surface area contributed by atoms with Crippen LogP contribution in [0.1, 0.15) is 29.5 Å². The molecule has 0 aliphatic carbocycles. The lowest BCUT2D eigenvalue weighted by molar-refractivity contribution is 0.211. The topological polar surface area (TPSA) is 78.5 Å². The van der Waals surface area contributed by atoms with Gasteiger partial charge in [-0.3, -0.25) is 4.90 Å². The number of likely N-dealkylation sites (tertiary alicyclic amines) is 1. The molecule has 0 saturated carbocycles. The number of hydrogen-bond acceptors (Lipinski definition) is 6. The Bertz CT molecular complexity index is 1150. The van der Waals surface area contributed by atoms with E-state index in [2.05, 4.69) is 35.3 Å². The number of nitrogens with zero attached hydrogens (tertiary/aromatic N) is 2. The van der Waals surface area contributed by atoms with Gasteiger partial charge in [0.25, 0.3) is 0 Å². The molecule has 4 rings (SSSR count). The maximum Gasteiger partial charge on any atom is 0.338 e. The van der Waals surface area contributed by atoms with Gasteiger partial charge in [0.15, 0.2) is 0 Å². The fourth-order valence-electron chi connectivity index (χ4n) is 4.10. The maximum absolute atomic E-state index is 11.9. The molecule has 0 atom stereocenters. The molecule has 2 aromatic carbocycles. The Kier molecular flexibility index (Phi) is 5.73. The standard InChI is InChI=1S/C24H25N3O3/c1-16-11-18(4-5-22(16)29-2)15-27-9-7-19(8-10-27)26-21-13-24(28)30-23-6-3-17(14-25)12-20(21)23/h3-6,11-13,19,26H,7-10,15H2,1-2H3. The lowest BCUT2D eigenvalue weighted by Crippen LogP contribution is -2.38. The molecule has 0 spiro atoms. The van der Waals surface area contributed by atoms with Crippen LogP contribution in [0, 0.1) is 18.3 Å². The number of benzene rings is 2. The van der Waals surface area contributed by atoms with E-state index in [0.717, 1.165) is 54.9 Å². The fraction of sp³-hybridized carbons (Fsp3) is 0.333. The second-order valence-corrected chi connectivity index (χ2v) is 7.80. The van der Waals surface area contributed by atoms with Gasteiger partial charge >= 0.3 is 5.63 Å². The number of anilines is 1. The van der Waals surface area contributed by atoms with Crippen molar-refractivity contribution in [2.75, 3.05) is 25.5 Å². The van der Waals surface area contributed by atoms with Crippen LogP contribution in [0.5, 0.6) is 5.75 Å². The highest BCUT2D eigenvalue weighted by Crippen LogP contribution is 2.26. The molecule has 1 saturated heterocycles. The lowest BCUT2D eigenvalue weighted by atomic mass is 10.0. The number of nitrogens with one attached hydrogen (secondary N) is 1. The largest absolute Gasteiger partial charge is 0.496 e. The summed E-state index contributed by atoms with van der Waals surface area (Å²) in [5, 5.41) is 13.5. The Morgan fingerprint density at radius 1 is 1.20 bits per heavy atom. The van der Waals surface area contributed by atoms with Crippen LogP contribution < -0.4 is 15.7 Å². The molecule has 1 N–H and O–H groups in total. The lowest BCUT2D eigenvalue weighted by Gasteiger charge is -2.33. The summed E-state index contributed by atoms with van der Waals surface area (Å²) in [6, 6.07) is 15.3. The molecule has 1 aliphatic rings. The number of fused-ring (bicyclic) bond motifs is 1. The number of ether oxygens (including phenoxy) is 1. The van der Waals surface area contributed by atoms with Crippen molar-refractivity contribution >= 4 is 16.7 Å². The van der Waals surface area contributed by atoms with Gasteiger partial charge in [-0.15, -0.1) is 0 Å². The minimum Gasteiger partial charge on any atom is -0.496 e. The average Bonchev–Trinajstić information content (AvgIpc) is 2.75. The Morgan fingerprint density at radius 3 is 2.70 bits per heavy atom. The molecular formula is C24H25N3O3. The molecule has 0 amide bonds. The zero-order valence-electron chi connectivity index (χ0n) is 17.3. The molecule has 0 bridgehead atoms. The van der Waals surface area contributed by atoms with Crippen LogP contribution in [0.3, 0.4) is 0 Å². The van der Waals surface area contributed by atoms with Gasteiger partial charge < -0.3 is 14.5 Å². The van der Waals surface area contributed by atoms with Crippen molar-refractivity contribution in [2.45, 2.75) is 32.4 Å². The van der Waals surface area contributed by atoms with Crippen LogP contribution in [0.15, 0.2) is 51.7 Å². The van der Waals surface area contributed by atoms with E-state index in [1.807, 2.05) is 6.07 Å².